The van der Waals surface area contributed by atoms with Gasteiger partial charge in [-0.2, -0.15) is 0 Å². The zero-order valence-electron chi connectivity index (χ0n) is 8.81. The lowest BCUT2D eigenvalue weighted by atomic mass is 10.2. The molecule has 1 unspecified atom stereocenters. The van der Waals surface area contributed by atoms with Crippen molar-refractivity contribution in [3.8, 4) is 0 Å². The fourth-order valence-electron chi connectivity index (χ4n) is 0.910. The van der Waals surface area contributed by atoms with E-state index in [-0.39, 0.29) is 0 Å². The van der Waals surface area contributed by atoms with Crippen molar-refractivity contribution in [1.82, 2.24) is 5.32 Å². The van der Waals surface area contributed by atoms with Gasteiger partial charge in [-0.3, -0.25) is 4.99 Å². The van der Waals surface area contributed by atoms with Gasteiger partial charge in [0.1, 0.15) is 0 Å². The summed E-state index contributed by atoms with van der Waals surface area (Å²) < 4.78 is 0. The Balaban J connectivity index is 4.02. The van der Waals surface area contributed by atoms with Crippen molar-refractivity contribution in [1.29, 1.82) is 0 Å². The minimum Gasteiger partial charge on any atom is -0.386 e. The maximum absolute atomic E-state index is 4.06. The summed E-state index contributed by atoms with van der Waals surface area (Å²) in [6, 6.07) is 0.547. The molecule has 12 heavy (non-hydrogen) atoms. The predicted molar refractivity (Wildman–Crippen MR) is 55.7 cm³/mol. The van der Waals surface area contributed by atoms with E-state index in [0.29, 0.717) is 6.04 Å². The van der Waals surface area contributed by atoms with E-state index in [4.69, 9.17) is 0 Å². The number of allylic oxidation sites excluding steroid dienone is 2. The van der Waals surface area contributed by atoms with Crippen LogP contribution in [-0.2, 0) is 0 Å². The van der Waals surface area contributed by atoms with Gasteiger partial charge in [0.2, 0.25) is 0 Å². The Hall–Kier alpha value is -0.790. The van der Waals surface area contributed by atoms with Gasteiger partial charge in [0.25, 0.3) is 0 Å². The molecule has 0 rings (SSSR count). The Bertz CT molecular complexity index is 180. The first kappa shape index (κ1) is 11.2. The van der Waals surface area contributed by atoms with Crippen molar-refractivity contribution in [3.63, 3.8) is 0 Å². The van der Waals surface area contributed by atoms with Crippen LogP contribution >= 0.6 is 0 Å². The average molecular weight is 168 g/mol. The van der Waals surface area contributed by atoms with Gasteiger partial charge in [0.15, 0.2) is 0 Å². The lowest BCUT2D eigenvalue weighted by Gasteiger charge is -2.12. The molecule has 0 amide bonds. The molecule has 0 aliphatic rings. The monoisotopic (exact) mass is 168 g/mol. The van der Waals surface area contributed by atoms with Crippen LogP contribution in [0.1, 0.15) is 34.1 Å². The van der Waals surface area contributed by atoms with Crippen molar-refractivity contribution in [2.24, 2.45) is 4.99 Å². The molecule has 0 aromatic rings. The van der Waals surface area contributed by atoms with Crippen LogP contribution in [0.25, 0.3) is 0 Å². The maximum atomic E-state index is 4.06. The van der Waals surface area contributed by atoms with Crippen molar-refractivity contribution >= 4 is 5.71 Å². The highest BCUT2D eigenvalue weighted by atomic mass is 14.9. The molecule has 2 nitrogen and oxygen atoms in total. The summed E-state index contributed by atoms with van der Waals surface area (Å²) in [6.45, 7) is 8.42. The van der Waals surface area contributed by atoms with Crippen LogP contribution < -0.4 is 5.32 Å². The fourth-order valence-corrected chi connectivity index (χ4v) is 0.910. The van der Waals surface area contributed by atoms with Gasteiger partial charge in [0, 0.05) is 24.5 Å². The van der Waals surface area contributed by atoms with E-state index in [1.54, 1.807) is 0 Å². The highest BCUT2D eigenvalue weighted by Crippen LogP contribution is 1.95. The molecule has 0 aliphatic carbocycles. The fraction of sp³-hybridized carbons (Fsp3) is 0.700. The molecule has 0 saturated heterocycles. The van der Waals surface area contributed by atoms with Crippen LogP contribution in [-0.4, -0.2) is 18.8 Å². The summed E-state index contributed by atoms with van der Waals surface area (Å²) in [5.41, 5.74) is 2.25. The molecular weight excluding hydrogens is 148 g/mol. The summed E-state index contributed by atoms with van der Waals surface area (Å²) in [5, 5.41) is 3.38. The van der Waals surface area contributed by atoms with Crippen molar-refractivity contribution in [2.75, 3.05) is 7.05 Å². The summed E-state index contributed by atoms with van der Waals surface area (Å²) in [4.78, 5) is 4.06. The molecule has 0 radical (unpaired) electrons. The number of hydrogen-bond donors (Lipinski definition) is 1. The van der Waals surface area contributed by atoms with Crippen LogP contribution in [0.5, 0.6) is 0 Å². The molecular formula is C10H20N2. The summed E-state index contributed by atoms with van der Waals surface area (Å²) >= 11 is 0. The molecule has 0 saturated carbocycles. The quantitative estimate of drug-likeness (QED) is 0.640. The SMILES string of the molecule is CCC(C)NC(C)=CC(C)=NC. The van der Waals surface area contributed by atoms with Crippen LogP contribution in [0.15, 0.2) is 16.8 Å². The Kier molecular flexibility index (Phi) is 5.43. The smallest absolute Gasteiger partial charge is 0.0330 e. The van der Waals surface area contributed by atoms with Gasteiger partial charge >= 0.3 is 0 Å². The zero-order valence-corrected chi connectivity index (χ0v) is 8.81. The first-order chi connectivity index (χ1) is 5.60. The van der Waals surface area contributed by atoms with Crippen molar-refractivity contribution in [3.05, 3.63) is 11.8 Å². The summed E-state index contributed by atoms with van der Waals surface area (Å²) in [7, 11) is 1.81. The van der Waals surface area contributed by atoms with Gasteiger partial charge in [-0.25, -0.2) is 0 Å². The molecule has 70 valence electrons. The van der Waals surface area contributed by atoms with Gasteiger partial charge in [-0.05, 0) is 33.3 Å². The van der Waals surface area contributed by atoms with E-state index in [2.05, 4.69) is 37.2 Å². The van der Waals surface area contributed by atoms with Gasteiger partial charge in [0.05, 0.1) is 0 Å². The summed E-state index contributed by atoms with van der Waals surface area (Å²) in [5.74, 6) is 0. The molecule has 0 bridgehead atoms. The van der Waals surface area contributed by atoms with Gasteiger partial charge < -0.3 is 5.32 Å². The van der Waals surface area contributed by atoms with Crippen LogP contribution in [0.2, 0.25) is 0 Å². The van der Waals surface area contributed by atoms with E-state index in [0.717, 1.165) is 12.1 Å². The first-order valence-electron chi connectivity index (χ1n) is 4.48. The van der Waals surface area contributed by atoms with E-state index >= 15 is 0 Å². The Morgan fingerprint density at radius 1 is 1.50 bits per heavy atom. The van der Waals surface area contributed by atoms with Crippen molar-refractivity contribution < 1.29 is 0 Å². The molecule has 2 heteroatoms. The highest BCUT2D eigenvalue weighted by molar-refractivity contribution is 5.93. The molecule has 0 spiro atoms. The van der Waals surface area contributed by atoms with Crippen LogP contribution in [0, 0.1) is 0 Å². The Labute approximate surface area is 75.8 Å². The third-order valence-electron chi connectivity index (χ3n) is 1.86. The molecule has 0 aromatic heterocycles. The lowest BCUT2D eigenvalue weighted by molar-refractivity contribution is 0.596. The first-order valence-corrected chi connectivity index (χ1v) is 4.48. The molecule has 1 N–H and O–H groups in total. The van der Waals surface area contributed by atoms with Gasteiger partial charge in [-0.15, -0.1) is 0 Å². The predicted octanol–water partition coefficient (Wildman–Crippen LogP) is 2.37. The third-order valence-corrected chi connectivity index (χ3v) is 1.86. The van der Waals surface area contributed by atoms with E-state index in [9.17, 15) is 0 Å². The zero-order chi connectivity index (χ0) is 9.56. The second-order valence-corrected chi connectivity index (χ2v) is 3.15. The van der Waals surface area contributed by atoms with Crippen molar-refractivity contribution in [2.45, 2.75) is 40.2 Å². The Morgan fingerprint density at radius 3 is 2.50 bits per heavy atom. The minimum absolute atomic E-state index is 0.547. The van der Waals surface area contributed by atoms with Crippen LogP contribution in [0.4, 0.5) is 0 Å². The van der Waals surface area contributed by atoms with E-state index in [1.165, 1.54) is 5.70 Å². The Morgan fingerprint density at radius 2 is 2.08 bits per heavy atom. The largest absolute Gasteiger partial charge is 0.386 e. The number of rotatable bonds is 4. The molecule has 0 heterocycles. The topological polar surface area (TPSA) is 24.4 Å². The van der Waals surface area contributed by atoms with E-state index < -0.39 is 0 Å². The lowest BCUT2D eigenvalue weighted by Crippen LogP contribution is -2.23. The van der Waals surface area contributed by atoms with Gasteiger partial charge in [-0.1, -0.05) is 6.92 Å². The highest BCUT2D eigenvalue weighted by Gasteiger charge is 1.96. The summed E-state index contributed by atoms with van der Waals surface area (Å²) in [6.07, 6.45) is 3.21. The maximum Gasteiger partial charge on any atom is 0.0330 e. The number of nitrogens with one attached hydrogen (secondary N) is 1. The third kappa shape index (κ3) is 4.94. The second-order valence-electron chi connectivity index (χ2n) is 3.15. The van der Waals surface area contributed by atoms with Crippen LogP contribution in [0.3, 0.4) is 0 Å². The molecule has 1 atom stereocenters. The second kappa shape index (κ2) is 5.81. The standard InChI is InChI=1S/C10H20N2/c1-6-8(2)12-10(4)7-9(3)11-5/h7-8,12H,6H2,1-5H3. The minimum atomic E-state index is 0.547. The average Bonchev–Trinajstić information content (AvgIpc) is 2.03. The molecule has 0 fully saturated rings. The number of aliphatic imine (C=N–C) groups is 1. The molecule has 0 aliphatic heterocycles. The normalized spacial score (nSPS) is 16.1. The molecule has 0 aromatic carbocycles. The number of hydrogen-bond acceptors (Lipinski definition) is 2. The van der Waals surface area contributed by atoms with E-state index in [1.807, 2.05) is 14.0 Å². The number of nitrogens with zero attached hydrogens (tertiary/aromatic N) is 1.